The summed E-state index contributed by atoms with van der Waals surface area (Å²) in [5.74, 6) is -0.631. The van der Waals surface area contributed by atoms with E-state index in [4.69, 9.17) is 14.2 Å². The number of hydrogen-bond acceptors (Lipinski definition) is 6. The van der Waals surface area contributed by atoms with Crippen molar-refractivity contribution in [3.63, 3.8) is 0 Å². The van der Waals surface area contributed by atoms with Gasteiger partial charge in [0.1, 0.15) is 19.3 Å². The second kappa shape index (κ2) is 34.5. The summed E-state index contributed by atoms with van der Waals surface area (Å²) in [5.41, 5.74) is 0. The standard InChI is InChI=1S/C43H76O6/c1-3-5-7-9-11-13-14-15-16-17-18-19-20-22-24-26-31-35-42(45)47-37-39(44)38-48-43(46)36-32-28-27-30-34-41-40(49-41)33-29-25-23-21-12-10-8-6-4-2/h12,21,25,27,29-30,39-41,44H,3-11,13-20,22-24,26,28,31-38H2,1-2H3/b21-12-,29-25-,30-27-/t39-,40?,41?/m0/s1. The number of ether oxygens (including phenoxy) is 3. The smallest absolute Gasteiger partial charge is 0.305 e. The Morgan fingerprint density at radius 2 is 0.918 bits per heavy atom. The highest BCUT2D eigenvalue weighted by molar-refractivity contribution is 5.69. The second-order valence-electron chi connectivity index (χ2n) is 14.1. The number of esters is 2. The topological polar surface area (TPSA) is 85.4 Å². The van der Waals surface area contributed by atoms with E-state index in [-0.39, 0.29) is 25.2 Å². The number of carbonyl (C=O) groups is 2. The van der Waals surface area contributed by atoms with Gasteiger partial charge in [-0.05, 0) is 51.4 Å². The third-order valence-corrected chi connectivity index (χ3v) is 9.28. The van der Waals surface area contributed by atoms with Gasteiger partial charge in [-0.25, -0.2) is 0 Å². The van der Waals surface area contributed by atoms with Gasteiger partial charge < -0.3 is 19.3 Å². The quantitative estimate of drug-likeness (QED) is 0.0305. The minimum atomic E-state index is -0.989. The number of aliphatic hydroxyl groups excluding tert-OH is 1. The maximum Gasteiger partial charge on any atom is 0.305 e. The van der Waals surface area contributed by atoms with Crippen LogP contribution < -0.4 is 0 Å². The Morgan fingerprint density at radius 1 is 0.531 bits per heavy atom. The number of aliphatic hydroxyl groups is 1. The lowest BCUT2D eigenvalue weighted by Crippen LogP contribution is -2.25. The van der Waals surface area contributed by atoms with Gasteiger partial charge in [0.2, 0.25) is 0 Å². The van der Waals surface area contributed by atoms with Gasteiger partial charge in [-0.15, -0.1) is 0 Å². The maximum absolute atomic E-state index is 12.0. The van der Waals surface area contributed by atoms with Gasteiger partial charge in [-0.1, -0.05) is 166 Å². The Balaban J connectivity index is 1.85. The van der Waals surface area contributed by atoms with Crippen molar-refractivity contribution in [3.05, 3.63) is 36.5 Å². The third kappa shape index (κ3) is 31.8. The Kier molecular flexibility index (Phi) is 31.8. The molecule has 0 aromatic carbocycles. The van der Waals surface area contributed by atoms with E-state index in [0.717, 1.165) is 44.9 Å². The van der Waals surface area contributed by atoms with Crippen molar-refractivity contribution in [3.8, 4) is 0 Å². The lowest BCUT2D eigenvalue weighted by atomic mass is 10.0. The molecule has 284 valence electrons. The molecule has 0 spiro atoms. The number of carbonyl (C=O) groups excluding carboxylic acids is 2. The van der Waals surface area contributed by atoms with Gasteiger partial charge in [-0.2, -0.15) is 0 Å². The van der Waals surface area contributed by atoms with Crippen molar-refractivity contribution < 1.29 is 28.9 Å². The number of unbranched alkanes of at least 4 members (excludes halogenated alkanes) is 20. The van der Waals surface area contributed by atoms with Crippen LogP contribution >= 0.6 is 0 Å². The summed E-state index contributed by atoms with van der Waals surface area (Å²) in [6.45, 7) is 4.22. The zero-order valence-corrected chi connectivity index (χ0v) is 31.9. The minimum Gasteiger partial charge on any atom is -0.463 e. The van der Waals surface area contributed by atoms with Crippen molar-refractivity contribution in [1.82, 2.24) is 0 Å². The molecule has 1 aliphatic rings. The Labute approximate surface area is 301 Å². The van der Waals surface area contributed by atoms with Crippen LogP contribution in [0.15, 0.2) is 36.5 Å². The summed E-state index contributed by atoms with van der Waals surface area (Å²) in [6, 6.07) is 0. The maximum atomic E-state index is 12.0. The molecule has 49 heavy (non-hydrogen) atoms. The highest BCUT2D eigenvalue weighted by atomic mass is 16.6. The van der Waals surface area contributed by atoms with Crippen molar-refractivity contribution in [2.45, 2.75) is 212 Å². The fraction of sp³-hybridized carbons (Fsp3) is 0.814. The minimum absolute atomic E-state index is 0.135. The van der Waals surface area contributed by atoms with Crippen LogP contribution in [0.4, 0.5) is 0 Å². The molecule has 1 aliphatic heterocycles. The molecule has 1 fully saturated rings. The first-order valence-electron chi connectivity index (χ1n) is 20.7. The fourth-order valence-corrected chi connectivity index (χ4v) is 6.00. The lowest BCUT2D eigenvalue weighted by molar-refractivity contribution is -0.152. The normalized spacial score (nSPS) is 16.6. The van der Waals surface area contributed by atoms with E-state index in [0.29, 0.717) is 31.5 Å². The fourth-order valence-electron chi connectivity index (χ4n) is 6.00. The molecular formula is C43H76O6. The number of hydrogen-bond donors (Lipinski definition) is 1. The summed E-state index contributed by atoms with van der Waals surface area (Å²) in [7, 11) is 0. The summed E-state index contributed by atoms with van der Waals surface area (Å²) in [5, 5.41) is 10.0. The molecule has 6 heteroatoms. The van der Waals surface area contributed by atoms with Crippen molar-refractivity contribution in [2.24, 2.45) is 0 Å². The van der Waals surface area contributed by atoms with E-state index in [1.807, 2.05) is 0 Å². The first-order valence-corrected chi connectivity index (χ1v) is 20.7. The van der Waals surface area contributed by atoms with Crippen molar-refractivity contribution >= 4 is 11.9 Å². The highest BCUT2D eigenvalue weighted by Gasteiger charge is 2.35. The zero-order chi connectivity index (χ0) is 35.5. The lowest BCUT2D eigenvalue weighted by Gasteiger charge is -2.12. The van der Waals surface area contributed by atoms with Gasteiger partial charge in [-0.3, -0.25) is 9.59 Å². The summed E-state index contributed by atoms with van der Waals surface area (Å²) in [6.07, 6.45) is 45.2. The molecule has 0 saturated carbocycles. The summed E-state index contributed by atoms with van der Waals surface area (Å²) < 4.78 is 16.1. The molecule has 2 unspecified atom stereocenters. The number of allylic oxidation sites excluding steroid dienone is 4. The van der Waals surface area contributed by atoms with Crippen LogP contribution in [0.5, 0.6) is 0 Å². The van der Waals surface area contributed by atoms with Crippen LogP contribution in [-0.4, -0.2) is 48.6 Å². The Hall–Kier alpha value is -1.92. The van der Waals surface area contributed by atoms with Gasteiger partial charge in [0.25, 0.3) is 0 Å². The van der Waals surface area contributed by atoms with E-state index in [9.17, 15) is 14.7 Å². The van der Waals surface area contributed by atoms with Crippen LogP contribution in [-0.2, 0) is 23.8 Å². The van der Waals surface area contributed by atoms with Gasteiger partial charge in [0.15, 0.2) is 0 Å². The van der Waals surface area contributed by atoms with E-state index in [1.165, 1.54) is 116 Å². The van der Waals surface area contributed by atoms with Crippen molar-refractivity contribution in [1.29, 1.82) is 0 Å². The Bertz CT molecular complexity index is 849. The SMILES string of the molecule is CCCCC/C=C\C/C=C\CC1OC1C/C=C\CCCC(=O)OC[C@@H](O)COC(=O)CCCCCCCCCCCCCCCCCCC. The molecule has 0 aromatic rings. The third-order valence-electron chi connectivity index (χ3n) is 9.28. The average Bonchev–Trinajstić information content (AvgIpc) is 3.86. The van der Waals surface area contributed by atoms with E-state index in [1.54, 1.807) is 0 Å². The first-order chi connectivity index (χ1) is 24.1. The second-order valence-corrected chi connectivity index (χ2v) is 14.1. The molecule has 1 N–H and O–H groups in total. The number of rotatable bonds is 36. The number of epoxide rings is 1. The molecular weight excluding hydrogens is 612 g/mol. The van der Waals surface area contributed by atoms with E-state index in [2.05, 4.69) is 50.3 Å². The largest absolute Gasteiger partial charge is 0.463 e. The van der Waals surface area contributed by atoms with E-state index < -0.39 is 6.10 Å². The molecule has 0 aromatic heterocycles. The predicted molar refractivity (Wildman–Crippen MR) is 205 cm³/mol. The van der Waals surface area contributed by atoms with Crippen LogP contribution in [0.1, 0.15) is 194 Å². The molecule has 1 saturated heterocycles. The first kappa shape index (κ1) is 45.1. The van der Waals surface area contributed by atoms with Crippen LogP contribution in [0.2, 0.25) is 0 Å². The molecule has 0 aliphatic carbocycles. The molecule has 3 atom stereocenters. The van der Waals surface area contributed by atoms with Gasteiger partial charge >= 0.3 is 11.9 Å². The Morgan fingerprint density at radius 3 is 1.45 bits per heavy atom. The molecule has 0 bridgehead atoms. The van der Waals surface area contributed by atoms with Gasteiger partial charge in [0.05, 0.1) is 12.2 Å². The highest BCUT2D eigenvalue weighted by Crippen LogP contribution is 2.29. The molecule has 0 radical (unpaired) electrons. The molecule has 0 amide bonds. The van der Waals surface area contributed by atoms with Gasteiger partial charge in [0, 0.05) is 12.8 Å². The molecule has 1 heterocycles. The van der Waals surface area contributed by atoms with E-state index >= 15 is 0 Å². The van der Waals surface area contributed by atoms with Crippen LogP contribution in [0.25, 0.3) is 0 Å². The van der Waals surface area contributed by atoms with Crippen LogP contribution in [0, 0.1) is 0 Å². The molecule has 6 nitrogen and oxygen atoms in total. The summed E-state index contributed by atoms with van der Waals surface area (Å²) >= 11 is 0. The molecule has 1 rings (SSSR count). The van der Waals surface area contributed by atoms with Crippen molar-refractivity contribution in [2.75, 3.05) is 13.2 Å². The zero-order valence-electron chi connectivity index (χ0n) is 31.9. The summed E-state index contributed by atoms with van der Waals surface area (Å²) in [4.78, 5) is 24.0. The predicted octanol–water partition coefficient (Wildman–Crippen LogP) is 11.8. The van der Waals surface area contributed by atoms with Crippen LogP contribution in [0.3, 0.4) is 0 Å². The average molecular weight is 689 g/mol. The monoisotopic (exact) mass is 689 g/mol.